The number of hydrogen-bond acceptors (Lipinski definition) is 4. The zero-order valence-electron chi connectivity index (χ0n) is 15.4. The largest absolute Gasteiger partial charge is 0.354 e. The number of aromatic nitrogens is 5. The molecule has 3 heterocycles. The Hall–Kier alpha value is -2.38. The SMILES string of the molecule is CCc1c(C)nn(CCNC(=O)C2CCc3nn(C)c(=O)n3C2)c1C. The number of rotatable bonds is 5. The van der Waals surface area contributed by atoms with Crippen molar-refractivity contribution in [3.05, 3.63) is 33.3 Å². The maximum atomic E-state index is 12.4. The maximum Gasteiger partial charge on any atom is 0.345 e. The molecule has 0 saturated carbocycles. The lowest BCUT2D eigenvalue weighted by Crippen LogP contribution is -2.39. The predicted octanol–water partition coefficient (Wildman–Crippen LogP) is 0.336. The fraction of sp³-hybridized carbons (Fsp3) is 0.647. The summed E-state index contributed by atoms with van der Waals surface area (Å²) in [5.74, 6) is 0.589. The molecule has 3 rings (SSSR count). The van der Waals surface area contributed by atoms with E-state index in [4.69, 9.17) is 0 Å². The molecular weight excluding hydrogens is 320 g/mol. The molecule has 0 aliphatic carbocycles. The molecule has 0 bridgehead atoms. The second-order valence-electron chi connectivity index (χ2n) is 6.69. The van der Waals surface area contributed by atoms with E-state index in [9.17, 15) is 9.59 Å². The lowest BCUT2D eigenvalue weighted by Gasteiger charge is -2.21. The lowest BCUT2D eigenvalue weighted by molar-refractivity contribution is -0.126. The maximum absolute atomic E-state index is 12.4. The van der Waals surface area contributed by atoms with Crippen LogP contribution < -0.4 is 11.0 Å². The van der Waals surface area contributed by atoms with Gasteiger partial charge in [-0.2, -0.15) is 10.2 Å². The minimum atomic E-state index is -0.180. The van der Waals surface area contributed by atoms with Gasteiger partial charge in [-0.1, -0.05) is 6.92 Å². The highest BCUT2D eigenvalue weighted by molar-refractivity contribution is 5.78. The molecule has 8 nitrogen and oxygen atoms in total. The Morgan fingerprint density at radius 1 is 1.32 bits per heavy atom. The van der Waals surface area contributed by atoms with Crippen LogP contribution in [0.5, 0.6) is 0 Å². The summed E-state index contributed by atoms with van der Waals surface area (Å²) in [5.41, 5.74) is 3.35. The molecule has 0 fully saturated rings. The van der Waals surface area contributed by atoms with Crippen LogP contribution >= 0.6 is 0 Å². The Bertz CT molecular complexity index is 844. The van der Waals surface area contributed by atoms with E-state index < -0.39 is 0 Å². The first-order chi connectivity index (χ1) is 11.9. The predicted molar refractivity (Wildman–Crippen MR) is 93.4 cm³/mol. The van der Waals surface area contributed by atoms with Gasteiger partial charge in [0.25, 0.3) is 0 Å². The number of nitrogens with one attached hydrogen (secondary N) is 1. The number of carbonyl (C=O) groups excluding carboxylic acids is 1. The third-order valence-electron chi connectivity index (χ3n) is 5.08. The zero-order valence-corrected chi connectivity index (χ0v) is 15.4. The molecule has 0 spiro atoms. The Labute approximate surface area is 146 Å². The average Bonchev–Trinajstić information content (AvgIpc) is 3.03. The quantitative estimate of drug-likeness (QED) is 0.846. The topological polar surface area (TPSA) is 86.7 Å². The van der Waals surface area contributed by atoms with Gasteiger partial charge in [-0.15, -0.1) is 0 Å². The summed E-state index contributed by atoms with van der Waals surface area (Å²) in [4.78, 5) is 24.4. The monoisotopic (exact) mass is 346 g/mol. The molecule has 25 heavy (non-hydrogen) atoms. The van der Waals surface area contributed by atoms with Gasteiger partial charge in [-0.05, 0) is 32.3 Å². The van der Waals surface area contributed by atoms with Gasteiger partial charge in [0.2, 0.25) is 5.91 Å². The Balaban J connectivity index is 1.57. The number of amides is 1. The van der Waals surface area contributed by atoms with Gasteiger partial charge in [0.05, 0.1) is 18.2 Å². The molecule has 0 saturated heterocycles. The van der Waals surface area contributed by atoms with Crippen molar-refractivity contribution in [2.45, 2.75) is 53.1 Å². The first-order valence-electron chi connectivity index (χ1n) is 8.85. The molecule has 1 N–H and O–H groups in total. The molecule has 2 aromatic rings. The summed E-state index contributed by atoms with van der Waals surface area (Å²) in [6.07, 6.45) is 2.35. The molecule has 1 unspecified atom stereocenters. The van der Waals surface area contributed by atoms with E-state index in [1.807, 2.05) is 11.6 Å². The first-order valence-corrected chi connectivity index (χ1v) is 8.85. The number of nitrogens with zero attached hydrogens (tertiary/aromatic N) is 5. The molecule has 8 heteroatoms. The van der Waals surface area contributed by atoms with Crippen LogP contribution in [0.15, 0.2) is 4.79 Å². The van der Waals surface area contributed by atoms with E-state index in [0.29, 0.717) is 26.1 Å². The molecule has 0 radical (unpaired) electrons. The normalized spacial score (nSPS) is 16.7. The van der Waals surface area contributed by atoms with Crippen LogP contribution in [0.2, 0.25) is 0 Å². The van der Waals surface area contributed by atoms with Crippen molar-refractivity contribution >= 4 is 5.91 Å². The number of carbonyl (C=O) groups is 1. The number of aryl methyl sites for hydroxylation is 3. The van der Waals surface area contributed by atoms with Crippen LogP contribution in [0.1, 0.15) is 36.1 Å². The number of fused-ring (bicyclic) bond motifs is 1. The molecule has 0 aromatic carbocycles. The Kier molecular flexibility index (Phi) is 4.78. The van der Waals surface area contributed by atoms with E-state index in [0.717, 1.165) is 24.4 Å². The van der Waals surface area contributed by atoms with E-state index in [-0.39, 0.29) is 17.5 Å². The van der Waals surface area contributed by atoms with Gasteiger partial charge < -0.3 is 5.32 Å². The van der Waals surface area contributed by atoms with Crippen LogP contribution in [0.3, 0.4) is 0 Å². The lowest BCUT2D eigenvalue weighted by atomic mass is 9.98. The summed E-state index contributed by atoms with van der Waals surface area (Å²) in [6.45, 7) is 7.82. The highest BCUT2D eigenvalue weighted by Gasteiger charge is 2.27. The smallest absolute Gasteiger partial charge is 0.345 e. The molecule has 1 amide bonds. The molecular formula is C17H26N6O2. The zero-order chi connectivity index (χ0) is 18.1. The van der Waals surface area contributed by atoms with E-state index in [2.05, 4.69) is 29.4 Å². The molecule has 136 valence electrons. The van der Waals surface area contributed by atoms with Gasteiger partial charge in [-0.3, -0.25) is 14.0 Å². The van der Waals surface area contributed by atoms with Crippen molar-refractivity contribution < 1.29 is 4.79 Å². The average molecular weight is 346 g/mol. The molecule has 2 aromatic heterocycles. The first kappa shape index (κ1) is 17.4. The summed E-state index contributed by atoms with van der Waals surface area (Å²) >= 11 is 0. The van der Waals surface area contributed by atoms with Crippen molar-refractivity contribution in [3.8, 4) is 0 Å². The van der Waals surface area contributed by atoms with Gasteiger partial charge in [0, 0.05) is 32.3 Å². The van der Waals surface area contributed by atoms with Crippen molar-refractivity contribution in [1.29, 1.82) is 0 Å². The summed E-state index contributed by atoms with van der Waals surface area (Å²) in [5, 5.41) is 11.7. The van der Waals surface area contributed by atoms with Gasteiger partial charge >= 0.3 is 5.69 Å². The van der Waals surface area contributed by atoms with E-state index in [1.165, 1.54) is 15.9 Å². The van der Waals surface area contributed by atoms with Crippen molar-refractivity contribution in [2.75, 3.05) is 6.54 Å². The van der Waals surface area contributed by atoms with Crippen molar-refractivity contribution in [3.63, 3.8) is 0 Å². The summed E-state index contributed by atoms with van der Waals surface area (Å²) in [6, 6.07) is 0. The highest BCUT2D eigenvalue weighted by atomic mass is 16.2. The minimum Gasteiger partial charge on any atom is -0.354 e. The minimum absolute atomic E-state index is 0.00125. The fourth-order valence-corrected chi connectivity index (χ4v) is 3.65. The molecule has 1 aliphatic rings. The van der Waals surface area contributed by atoms with Crippen molar-refractivity contribution in [2.24, 2.45) is 13.0 Å². The third kappa shape index (κ3) is 3.25. The fourth-order valence-electron chi connectivity index (χ4n) is 3.65. The van der Waals surface area contributed by atoms with E-state index in [1.54, 1.807) is 11.6 Å². The second-order valence-corrected chi connectivity index (χ2v) is 6.69. The van der Waals surface area contributed by atoms with Crippen LogP contribution in [0.4, 0.5) is 0 Å². The molecule has 1 aliphatic heterocycles. The van der Waals surface area contributed by atoms with Crippen LogP contribution in [-0.2, 0) is 37.8 Å². The number of hydrogen-bond donors (Lipinski definition) is 1. The van der Waals surface area contributed by atoms with Gasteiger partial charge in [0.1, 0.15) is 5.82 Å². The van der Waals surface area contributed by atoms with Crippen molar-refractivity contribution in [1.82, 2.24) is 29.4 Å². The third-order valence-corrected chi connectivity index (χ3v) is 5.08. The standard InChI is InChI=1S/C17H26N6O2/c1-5-14-11(2)19-23(12(14)3)9-8-18-16(24)13-6-7-15-20-21(4)17(25)22(15)10-13/h13H,5-10H2,1-4H3,(H,18,24). The van der Waals surface area contributed by atoms with Gasteiger partial charge in [0.15, 0.2) is 0 Å². The Morgan fingerprint density at radius 3 is 2.76 bits per heavy atom. The Morgan fingerprint density at radius 2 is 2.08 bits per heavy atom. The molecule has 1 atom stereocenters. The second kappa shape index (κ2) is 6.85. The summed E-state index contributed by atoms with van der Waals surface area (Å²) in [7, 11) is 1.64. The van der Waals surface area contributed by atoms with Crippen LogP contribution in [-0.4, -0.2) is 36.6 Å². The van der Waals surface area contributed by atoms with E-state index >= 15 is 0 Å². The van der Waals surface area contributed by atoms with Crippen LogP contribution in [0, 0.1) is 19.8 Å². The highest BCUT2D eigenvalue weighted by Crippen LogP contribution is 2.17. The van der Waals surface area contributed by atoms with Gasteiger partial charge in [-0.25, -0.2) is 9.48 Å². The summed E-state index contributed by atoms with van der Waals surface area (Å²) < 4.78 is 4.91. The van der Waals surface area contributed by atoms with Crippen LogP contribution in [0.25, 0.3) is 0 Å².